The van der Waals surface area contributed by atoms with Crippen molar-refractivity contribution in [2.24, 2.45) is 5.92 Å². The second-order valence-electron chi connectivity index (χ2n) is 8.29. The molecule has 0 radical (unpaired) electrons. The maximum atomic E-state index is 13.0. The Kier molecular flexibility index (Phi) is 7.46. The molecule has 2 atom stereocenters. The van der Waals surface area contributed by atoms with Crippen molar-refractivity contribution in [3.63, 3.8) is 0 Å². The van der Waals surface area contributed by atoms with Gasteiger partial charge in [0.2, 0.25) is 0 Å². The van der Waals surface area contributed by atoms with E-state index in [0.717, 1.165) is 36.3 Å². The molecule has 1 heterocycles. The van der Waals surface area contributed by atoms with E-state index >= 15 is 0 Å². The average molecular weight is 410 g/mol. The molecule has 1 aliphatic heterocycles. The predicted octanol–water partition coefficient (Wildman–Crippen LogP) is 3.75. The minimum Gasteiger partial charge on any atom is -0.480 e. The zero-order valence-corrected chi connectivity index (χ0v) is 17.7. The molecule has 160 valence electrons. The number of hydrogen-bond donors (Lipinski definition) is 4. The molecular formula is C24H31N3O3. The Bertz CT molecular complexity index is 861. The molecule has 0 spiro atoms. The van der Waals surface area contributed by atoms with Crippen LogP contribution in [0.25, 0.3) is 11.1 Å². The second kappa shape index (κ2) is 10.3. The maximum absolute atomic E-state index is 13.0. The number of rotatable bonds is 9. The van der Waals surface area contributed by atoms with Crippen LogP contribution in [0.3, 0.4) is 0 Å². The van der Waals surface area contributed by atoms with E-state index in [0.29, 0.717) is 18.0 Å². The van der Waals surface area contributed by atoms with Gasteiger partial charge >= 0.3 is 5.97 Å². The molecular weight excluding hydrogens is 378 g/mol. The Hall–Kier alpha value is -2.86. The van der Waals surface area contributed by atoms with Gasteiger partial charge in [-0.15, -0.1) is 0 Å². The van der Waals surface area contributed by atoms with Gasteiger partial charge in [0.25, 0.3) is 5.91 Å². The van der Waals surface area contributed by atoms with Gasteiger partial charge in [0.15, 0.2) is 0 Å². The van der Waals surface area contributed by atoms with E-state index < -0.39 is 12.0 Å². The maximum Gasteiger partial charge on any atom is 0.326 e. The fourth-order valence-corrected chi connectivity index (χ4v) is 3.81. The summed E-state index contributed by atoms with van der Waals surface area (Å²) in [5.41, 5.74) is 3.11. The molecule has 0 saturated carbocycles. The second-order valence-corrected chi connectivity index (χ2v) is 8.29. The van der Waals surface area contributed by atoms with Crippen LogP contribution in [0.4, 0.5) is 5.69 Å². The number of anilines is 1. The first-order valence-electron chi connectivity index (χ1n) is 10.6. The molecule has 30 heavy (non-hydrogen) atoms. The highest BCUT2D eigenvalue weighted by Crippen LogP contribution is 2.27. The van der Waals surface area contributed by atoms with Crippen LogP contribution in [0.1, 0.15) is 43.5 Å². The van der Waals surface area contributed by atoms with Crippen LogP contribution in [0.2, 0.25) is 0 Å². The number of carbonyl (C=O) groups is 2. The number of nitrogens with one attached hydrogen (secondary N) is 3. The molecule has 3 rings (SSSR count). The van der Waals surface area contributed by atoms with E-state index in [1.54, 1.807) is 6.07 Å². The molecule has 0 aromatic heterocycles. The van der Waals surface area contributed by atoms with Gasteiger partial charge in [0.1, 0.15) is 6.04 Å². The van der Waals surface area contributed by atoms with Gasteiger partial charge in [-0.1, -0.05) is 44.2 Å². The summed E-state index contributed by atoms with van der Waals surface area (Å²) in [5, 5.41) is 19.1. The number of hydrogen-bond acceptors (Lipinski definition) is 4. The van der Waals surface area contributed by atoms with Gasteiger partial charge < -0.3 is 21.1 Å². The summed E-state index contributed by atoms with van der Waals surface area (Å²) in [4.78, 5) is 24.6. The Morgan fingerprint density at radius 1 is 1.17 bits per heavy atom. The summed E-state index contributed by atoms with van der Waals surface area (Å²) in [6.45, 7) is 5.77. The molecule has 6 heteroatoms. The van der Waals surface area contributed by atoms with Crippen molar-refractivity contribution < 1.29 is 14.7 Å². The van der Waals surface area contributed by atoms with Crippen molar-refractivity contribution in [1.29, 1.82) is 0 Å². The van der Waals surface area contributed by atoms with Crippen LogP contribution in [0, 0.1) is 5.92 Å². The molecule has 1 fully saturated rings. The summed E-state index contributed by atoms with van der Waals surface area (Å²) in [7, 11) is 0. The van der Waals surface area contributed by atoms with Gasteiger partial charge in [0.05, 0.1) is 0 Å². The molecule has 6 nitrogen and oxygen atoms in total. The molecule has 0 aliphatic carbocycles. The lowest BCUT2D eigenvalue weighted by atomic mass is 9.97. The fraction of sp³-hybridized carbons (Fsp3) is 0.417. The van der Waals surface area contributed by atoms with E-state index in [2.05, 4.69) is 16.0 Å². The predicted molar refractivity (Wildman–Crippen MR) is 120 cm³/mol. The number of carbonyl (C=O) groups excluding carboxylic acids is 1. The molecule has 4 N–H and O–H groups in total. The minimum absolute atomic E-state index is 0.163. The Labute approximate surface area is 178 Å². The van der Waals surface area contributed by atoms with Gasteiger partial charge in [-0.25, -0.2) is 4.79 Å². The molecule has 0 bridgehead atoms. The third kappa shape index (κ3) is 5.83. The lowest BCUT2D eigenvalue weighted by molar-refractivity contribution is -0.139. The van der Waals surface area contributed by atoms with Crippen LogP contribution >= 0.6 is 0 Å². The van der Waals surface area contributed by atoms with E-state index in [9.17, 15) is 14.7 Å². The van der Waals surface area contributed by atoms with Crippen molar-refractivity contribution in [1.82, 2.24) is 10.6 Å². The lowest BCUT2D eigenvalue weighted by Gasteiger charge is -2.19. The van der Waals surface area contributed by atoms with Crippen LogP contribution in [0.15, 0.2) is 48.5 Å². The average Bonchev–Trinajstić information content (AvgIpc) is 3.25. The van der Waals surface area contributed by atoms with E-state index in [1.807, 2.05) is 56.3 Å². The molecule has 1 saturated heterocycles. The summed E-state index contributed by atoms with van der Waals surface area (Å²) >= 11 is 0. The fourth-order valence-electron chi connectivity index (χ4n) is 3.81. The van der Waals surface area contributed by atoms with E-state index in [-0.39, 0.29) is 11.8 Å². The Morgan fingerprint density at radius 2 is 1.93 bits per heavy atom. The molecule has 1 unspecified atom stereocenters. The molecule has 2 aromatic carbocycles. The first-order chi connectivity index (χ1) is 14.4. The largest absolute Gasteiger partial charge is 0.480 e. The van der Waals surface area contributed by atoms with Crippen molar-refractivity contribution in [3.8, 4) is 11.1 Å². The summed E-state index contributed by atoms with van der Waals surface area (Å²) in [5.74, 6) is -1.22. The van der Waals surface area contributed by atoms with Gasteiger partial charge in [-0.3, -0.25) is 4.79 Å². The number of benzene rings is 2. The monoisotopic (exact) mass is 409 g/mol. The van der Waals surface area contributed by atoms with Crippen molar-refractivity contribution >= 4 is 17.6 Å². The van der Waals surface area contributed by atoms with Gasteiger partial charge in [-0.05, 0) is 61.1 Å². The number of aliphatic carboxylic acids is 1. The van der Waals surface area contributed by atoms with Crippen molar-refractivity contribution in [3.05, 3.63) is 54.1 Å². The highest BCUT2D eigenvalue weighted by atomic mass is 16.4. The molecule has 2 aromatic rings. The van der Waals surface area contributed by atoms with Crippen molar-refractivity contribution in [2.75, 3.05) is 18.4 Å². The number of carboxylic acids is 1. The number of carboxylic acid groups (broad SMARTS) is 1. The van der Waals surface area contributed by atoms with E-state index in [1.165, 1.54) is 6.42 Å². The van der Waals surface area contributed by atoms with Crippen molar-refractivity contribution in [2.45, 2.75) is 45.2 Å². The zero-order chi connectivity index (χ0) is 21.5. The zero-order valence-electron chi connectivity index (χ0n) is 17.7. The van der Waals surface area contributed by atoms with Gasteiger partial charge in [0, 0.05) is 23.8 Å². The Morgan fingerprint density at radius 3 is 2.57 bits per heavy atom. The van der Waals surface area contributed by atoms with Crippen LogP contribution in [0.5, 0.6) is 0 Å². The highest BCUT2D eigenvalue weighted by Gasteiger charge is 2.23. The minimum atomic E-state index is -1.01. The molecule has 1 aliphatic rings. The van der Waals surface area contributed by atoms with Crippen LogP contribution in [-0.4, -0.2) is 42.2 Å². The van der Waals surface area contributed by atoms with Crippen LogP contribution < -0.4 is 16.0 Å². The SMILES string of the molecule is CC(C)C[C@H](NC(=O)c1ccc(NCC2CCCN2)cc1-c1ccccc1)C(=O)O. The lowest BCUT2D eigenvalue weighted by Crippen LogP contribution is -2.41. The van der Waals surface area contributed by atoms with Crippen LogP contribution in [-0.2, 0) is 4.79 Å². The highest BCUT2D eigenvalue weighted by molar-refractivity contribution is 6.03. The first kappa shape index (κ1) is 21.8. The first-order valence-corrected chi connectivity index (χ1v) is 10.6. The quantitative estimate of drug-likeness (QED) is 0.506. The summed E-state index contributed by atoms with van der Waals surface area (Å²) < 4.78 is 0. The topological polar surface area (TPSA) is 90.5 Å². The van der Waals surface area contributed by atoms with Gasteiger partial charge in [-0.2, -0.15) is 0 Å². The third-order valence-corrected chi connectivity index (χ3v) is 5.37. The van der Waals surface area contributed by atoms with E-state index in [4.69, 9.17) is 0 Å². The summed E-state index contributed by atoms with van der Waals surface area (Å²) in [6, 6.07) is 14.9. The smallest absolute Gasteiger partial charge is 0.326 e. The molecule has 1 amide bonds. The Balaban J connectivity index is 1.84. The summed E-state index contributed by atoms with van der Waals surface area (Å²) in [6.07, 6.45) is 2.74. The standard InChI is InChI=1S/C24H31N3O3/c1-16(2)13-22(24(29)30)27-23(28)20-11-10-18(26-15-19-9-6-12-25-19)14-21(20)17-7-4-3-5-8-17/h3-5,7-8,10-11,14,16,19,22,25-26H,6,9,12-13,15H2,1-2H3,(H,27,28)(H,29,30)/t19?,22-/m0/s1. The number of amides is 1. The normalized spacial score (nSPS) is 17.0. The third-order valence-electron chi connectivity index (χ3n) is 5.37.